The fraction of sp³-hybridized carbons (Fsp3) is 0.143. The lowest BCUT2D eigenvalue weighted by Crippen LogP contribution is -1.98. The second kappa shape index (κ2) is 4.10. The van der Waals surface area contributed by atoms with Crippen LogP contribution in [0.1, 0.15) is 11.3 Å². The lowest BCUT2D eigenvalue weighted by atomic mass is 10.1. The summed E-state index contributed by atoms with van der Waals surface area (Å²) in [4.78, 5) is 4.59. The van der Waals surface area contributed by atoms with Gasteiger partial charge in [-0.3, -0.25) is 0 Å². The lowest BCUT2D eigenvalue weighted by molar-refractivity contribution is 0.916. The van der Waals surface area contributed by atoms with E-state index in [-0.39, 0.29) is 0 Å². The molecule has 0 N–H and O–H groups in total. The van der Waals surface area contributed by atoms with Crippen LogP contribution in [0.2, 0.25) is 5.15 Å². The summed E-state index contributed by atoms with van der Waals surface area (Å²) < 4.78 is 1.69. The van der Waals surface area contributed by atoms with Crippen LogP contribution in [0.15, 0.2) is 36.5 Å². The molecule has 0 bridgehead atoms. The molecule has 90 valence electrons. The van der Waals surface area contributed by atoms with Gasteiger partial charge in [0.1, 0.15) is 5.15 Å². The van der Waals surface area contributed by atoms with Gasteiger partial charge in [-0.05, 0) is 19.4 Å². The maximum Gasteiger partial charge on any atom is 0.164 e. The number of hydrogen-bond donors (Lipinski definition) is 0. The molecule has 0 amide bonds. The van der Waals surface area contributed by atoms with E-state index in [2.05, 4.69) is 10.1 Å². The van der Waals surface area contributed by atoms with Crippen molar-refractivity contribution >= 4 is 17.2 Å². The Labute approximate surface area is 110 Å². The largest absolute Gasteiger partial charge is 0.233 e. The van der Waals surface area contributed by atoms with Crippen molar-refractivity contribution in [3.8, 4) is 11.1 Å². The van der Waals surface area contributed by atoms with Crippen molar-refractivity contribution < 1.29 is 0 Å². The monoisotopic (exact) mass is 257 g/mol. The zero-order chi connectivity index (χ0) is 12.7. The standard InChI is InChI=1S/C14H12ClN3/c1-9-10(2)17-14-12(8-16-18(14)13(9)15)11-6-4-3-5-7-11/h3-8H,1-2H3. The van der Waals surface area contributed by atoms with Crippen LogP contribution in [-0.2, 0) is 0 Å². The number of halogens is 1. The minimum Gasteiger partial charge on any atom is -0.233 e. The van der Waals surface area contributed by atoms with Crippen molar-refractivity contribution in [1.82, 2.24) is 14.6 Å². The molecule has 18 heavy (non-hydrogen) atoms. The van der Waals surface area contributed by atoms with Gasteiger partial charge in [0.15, 0.2) is 5.65 Å². The second-order valence-electron chi connectivity index (χ2n) is 4.27. The Hall–Kier alpha value is -1.87. The van der Waals surface area contributed by atoms with Crippen LogP contribution in [0.4, 0.5) is 0 Å². The highest BCUT2D eigenvalue weighted by Crippen LogP contribution is 2.27. The molecule has 3 aromatic rings. The molecule has 2 aromatic heterocycles. The number of rotatable bonds is 1. The highest BCUT2D eigenvalue weighted by atomic mass is 35.5. The average molecular weight is 258 g/mol. The van der Waals surface area contributed by atoms with Crippen LogP contribution in [0.5, 0.6) is 0 Å². The van der Waals surface area contributed by atoms with Gasteiger partial charge >= 0.3 is 0 Å². The second-order valence-corrected chi connectivity index (χ2v) is 4.63. The number of fused-ring (bicyclic) bond motifs is 1. The van der Waals surface area contributed by atoms with Gasteiger partial charge in [0.2, 0.25) is 0 Å². The van der Waals surface area contributed by atoms with Gasteiger partial charge in [0, 0.05) is 16.8 Å². The van der Waals surface area contributed by atoms with Gasteiger partial charge in [0.05, 0.1) is 6.20 Å². The third-order valence-electron chi connectivity index (χ3n) is 3.14. The molecule has 3 nitrogen and oxygen atoms in total. The first kappa shape index (κ1) is 11.2. The third kappa shape index (κ3) is 1.59. The Morgan fingerprint density at radius 1 is 1.11 bits per heavy atom. The molecule has 0 saturated heterocycles. The first-order valence-electron chi connectivity index (χ1n) is 5.74. The van der Waals surface area contributed by atoms with E-state index in [1.54, 1.807) is 4.52 Å². The van der Waals surface area contributed by atoms with Crippen LogP contribution >= 0.6 is 11.6 Å². The van der Waals surface area contributed by atoms with Crippen LogP contribution in [0.25, 0.3) is 16.8 Å². The first-order chi connectivity index (χ1) is 8.68. The number of hydrogen-bond acceptors (Lipinski definition) is 2. The molecule has 0 fully saturated rings. The van der Waals surface area contributed by atoms with E-state index in [1.165, 1.54) is 0 Å². The van der Waals surface area contributed by atoms with Crippen LogP contribution in [0, 0.1) is 13.8 Å². The predicted molar refractivity (Wildman–Crippen MR) is 72.9 cm³/mol. The van der Waals surface area contributed by atoms with Crippen molar-refractivity contribution in [3.05, 3.63) is 52.9 Å². The minimum atomic E-state index is 0.625. The molecule has 2 heterocycles. The molecule has 1 aromatic carbocycles. The number of aryl methyl sites for hydroxylation is 1. The van der Waals surface area contributed by atoms with Gasteiger partial charge in [0.25, 0.3) is 0 Å². The molecule has 0 spiro atoms. The number of benzene rings is 1. The zero-order valence-electron chi connectivity index (χ0n) is 10.2. The van der Waals surface area contributed by atoms with Crippen molar-refractivity contribution in [2.45, 2.75) is 13.8 Å². The van der Waals surface area contributed by atoms with E-state index in [9.17, 15) is 0 Å². The van der Waals surface area contributed by atoms with Crippen LogP contribution < -0.4 is 0 Å². The molecule has 0 saturated carbocycles. The first-order valence-corrected chi connectivity index (χ1v) is 6.12. The number of nitrogens with zero attached hydrogens (tertiary/aromatic N) is 3. The van der Waals surface area contributed by atoms with Gasteiger partial charge in [-0.2, -0.15) is 5.10 Å². The van der Waals surface area contributed by atoms with Gasteiger partial charge in [-0.25, -0.2) is 9.50 Å². The van der Waals surface area contributed by atoms with Crippen LogP contribution in [-0.4, -0.2) is 14.6 Å². The molecule has 0 unspecified atom stereocenters. The topological polar surface area (TPSA) is 30.2 Å². The van der Waals surface area contributed by atoms with Crippen molar-refractivity contribution in [3.63, 3.8) is 0 Å². The Morgan fingerprint density at radius 2 is 1.83 bits per heavy atom. The lowest BCUT2D eigenvalue weighted by Gasteiger charge is -2.05. The van der Waals surface area contributed by atoms with Gasteiger partial charge in [-0.1, -0.05) is 41.9 Å². The molecule has 0 atom stereocenters. The zero-order valence-corrected chi connectivity index (χ0v) is 10.9. The fourth-order valence-corrected chi connectivity index (χ4v) is 2.23. The van der Waals surface area contributed by atoms with Crippen molar-refractivity contribution in [2.24, 2.45) is 0 Å². The molecule has 4 heteroatoms. The Kier molecular flexibility index (Phi) is 2.56. The third-order valence-corrected chi connectivity index (χ3v) is 3.58. The van der Waals surface area contributed by atoms with Crippen molar-refractivity contribution in [1.29, 1.82) is 0 Å². The molecule has 0 aliphatic carbocycles. The molecule has 0 aliphatic rings. The maximum absolute atomic E-state index is 6.29. The van der Waals surface area contributed by atoms with Crippen molar-refractivity contribution in [2.75, 3.05) is 0 Å². The average Bonchev–Trinajstić information content (AvgIpc) is 2.81. The Balaban J connectivity index is 2.34. The van der Waals surface area contributed by atoms with Crippen LogP contribution in [0.3, 0.4) is 0 Å². The molecule has 0 aliphatic heterocycles. The normalized spacial score (nSPS) is 11.1. The van der Waals surface area contributed by atoms with E-state index >= 15 is 0 Å². The molecule has 0 radical (unpaired) electrons. The SMILES string of the molecule is Cc1nc2c(-c3ccccc3)cnn2c(Cl)c1C. The van der Waals surface area contributed by atoms with Gasteiger partial charge in [-0.15, -0.1) is 0 Å². The molecular formula is C14H12ClN3. The van der Waals surface area contributed by atoms with E-state index in [0.717, 1.165) is 28.0 Å². The highest BCUT2D eigenvalue weighted by Gasteiger charge is 2.13. The summed E-state index contributed by atoms with van der Waals surface area (Å²) >= 11 is 6.29. The van der Waals surface area contributed by atoms with E-state index in [0.29, 0.717) is 5.15 Å². The summed E-state index contributed by atoms with van der Waals surface area (Å²) in [5.74, 6) is 0. The highest BCUT2D eigenvalue weighted by molar-refractivity contribution is 6.30. The molecular weight excluding hydrogens is 246 g/mol. The van der Waals surface area contributed by atoms with E-state index in [4.69, 9.17) is 11.6 Å². The summed E-state index contributed by atoms with van der Waals surface area (Å²) in [6, 6.07) is 10.1. The summed E-state index contributed by atoms with van der Waals surface area (Å²) in [6.45, 7) is 3.91. The molecule has 3 rings (SSSR count). The Morgan fingerprint density at radius 3 is 2.56 bits per heavy atom. The minimum absolute atomic E-state index is 0.625. The summed E-state index contributed by atoms with van der Waals surface area (Å²) in [6.07, 6.45) is 1.81. The smallest absolute Gasteiger partial charge is 0.164 e. The summed E-state index contributed by atoms with van der Waals surface area (Å²) in [5, 5.41) is 4.94. The summed E-state index contributed by atoms with van der Waals surface area (Å²) in [5.41, 5.74) is 4.80. The fourth-order valence-electron chi connectivity index (χ4n) is 1.97. The van der Waals surface area contributed by atoms with E-state index < -0.39 is 0 Å². The number of aromatic nitrogens is 3. The van der Waals surface area contributed by atoms with Gasteiger partial charge < -0.3 is 0 Å². The summed E-state index contributed by atoms with van der Waals surface area (Å²) in [7, 11) is 0. The Bertz CT molecular complexity index is 717. The predicted octanol–water partition coefficient (Wildman–Crippen LogP) is 3.67. The quantitative estimate of drug-likeness (QED) is 0.623. The van der Waals surface area contributed by atoms with E-state index in [1.807, 2.05) is 50.4 Å². The maximum atomic E-state index is 6.29.